The number of hydrogen-bond donors (Lipinski definition) is 1. The van der Waals surface area contributed by atoms with E-state index in [1.54, 1.807) is 11.9 Å². The zero-order valence-corrected chi connectivity index (χ0v) is 16.1. The quantitative estimate of drug-likeness (QED) is 0.829. The molecule has 4 rings (SSSR count). The first-order valence-electron chi connectivity index (χ1n) is 9.58. The number of hydrogen-bond acceptors (Lipinski definition) is 4. The molecule has 1 aliphatic heterocycles. The number of nitrogens with two attached hydrogens (primary N) is 1. The van der Waals surface area contributed by atoms with E-state index in [1.807, 2.05) is 25.7 Å². The minimum Gasteiger partial charge on any atom is -0.444 e. The number of ether oxygens (including phenoxy) is 1. The molecule has 0 spiro atoms. The Bertz CT molecular complexity index is 530. The Labute approximate surface area is 151 Å². The summed E-state index contributed by atoms with van der Waals surface area (Å²) in [4.78, 5) is 29.1. The minimum absolute atomic E-state index is 0.0213. The molecule has 1 heterocycles. The van der Waals surface area contributed by atoms with Crippen LogP contribution < -0.4 is 5.73 Å². The molecule has 25 heavy (non-hydrogen) atoms. The van der Waals surface area contributed by atoms with E-state index < -0.39 is 5.60 Å². The van der Waals surface area contributed by atoms with Crippen LogP contribution in [0.2, 0.25) is 0 Å². The average Bonchev–Trinajstić information content (AvgIpc) is 3.02. The van der Waals surface area contributed by atoms with Crippen molar-refractivity contribution in [3.05, 3.63) is 0 Å². The van der Waals surface area contributed by atoms with Crippen LogP contribution in [0.3, 0.4) is 0 Å². The van der Waals surface area contributed by atoms with Crippen LogP contribution in [-0.2, 0) is 9.53 Å². The number of likely N-dealkylation sites (N-methyl/N-ethyl adjacent to an activating group) is 1. The fourth-order valence-electron chi connectivity index (χ4n) is 4.60. The van der Waals surface area contributed by atoms with E-state index in [-0.39, 0.29) is 29.0 Å². The molecular weight excluding hydrogens is 318 g/mol. The monoisotopic (exact) mass is 351 g/mol. The van der Waals surface area contributed by atoms with Crippen LogP contribution in [0.15, 0.2) is 0 Å². The van der Waals surface area contributed by atoms with Crippen LogP contribution in [0, 0.1) is 5.41 Å². The summed E-state index contributed by atoms with van der Waals surface area (Å²) in [5.41, 5.74) is 5.65. The van der Waals surface area contributed by atoms with Gasteiger partial charge in [0.2, 0.25) is 5.91 Å². The molecule has 0 aromatic rings. The molecule has 0 radical (unpaired) electrons. The number of likely N-dealkylation sites (tertiary alicyclic amines) is 1. The van der Waals surface area contributed by atoms with Gasteiger partial charge in [-0.15, -0.1) is 0 Å². The second-order valence-electron chi connectivity index (χ2n) is 9.43. The minimum atomic E-state index is -0.503. The number of nitrogens with zero attached hydrogens (tertiary/aromatic N) is 2. The van der Waals surface area contributed by atoms with Gasteiger partial charge in [0.25, 0.3) is 0 Å². The third-order valence-electron chi connectivity index (χ3n) is 6.44. The molecular formula is C19H33N3O3. The summed E-state index contributed by atoms with van der Waals surface area (Å²) in [7, 11) is 1.77. The van der Waals surface area contributed by atoms with Crippen LogP contribution in [0.25, 0.3) is 0 Å². The maximum Gasteiger partial charge on any atom is 0.410 e. The second-order valence-corrected chi connectivity index (χ2v) is 9.43. The lowest BCUT2D eigenvalue weighted by molar-refractivity contribution is -0.148. The van der Waals surface area contributed by atoms with Crippen molar-refractivity contribution in [3.8, 4) is 0 Å². The number of amides is 2. The molecule has 1 saturated heterocycles. The Balaban J connectivity index is 1.59. The van der Waals surface area contributed by atoms with Gasteiger partial charge in [0, 0.05) is 31.1 Å². The van der Waals surface area contributed by atoms with Crippen LogP contribution >= 0.6 is 0 Å². The molecule has 0 aromatic heterocycles. The fraction of sp³-hybridized carbons (Fsp3) is 0.895. The largest absolute Gasteiger partial charge is 0.444 e. The molecule has 1 atom stereocenters. The lowest BCUT2D eigenvalue weighted by atomic mass is 9.57. The van der Waals surface area contributed by atoms with Gasteiger partial charge in [0.05, 0.1) is 6.04 Å². The molecule has 6 heteroatoms. The lowest BCUT2D eigenvalue weighted by Gasteiger charge is -2.51. The highest BCUT2D eigenvalue weighted by Crippen LogP contribution is 2.52. The SMILES string of the molecule is CN(C(=O)OC(C)(C)C)[C@H]1CCN(C(=O)C23CCC(N)(CC2)CC3)C1. The first-order valence-corrected chi connectivity index (χ1v) is 9.58. The normalized spacial score (nSPS) is 34.9. The third-order valence-corrected chi connectivity index (χ3v) is 6.44. The van der Waals surface area contributed by atoms with E-state index in [0.29, 0.717) is 6.54 Å². The van der Waals surface area contributed by atoms with Crippen LogP contribution in [0.4, 0.5) is 4.79 Å². The Morgan fingerprint density at radius 2 is 1.68 bits per heavy atom. The van der Waals surface area contributed by atoms with E-state index in [4.69, 9.17) is 10.5 Å². The van der Waals surface area contributed by atoms with Gasteiger partial charge in [-0.05, 0) is 65.7 Å². The van der Waals surface area contributed by atoms with Crippen molar-refractivity contribution < 1.29 is 14.3 Å². The van der Waals surface area contributed by atoms with Crippen LogP contribution in [0.5, 0.6) is 0 Å². The number of rotatable bonds is 2. The van der Waals surface area contributed by atoms with Crippen molar-refractivity contribution >= 4 is 12.0 Å². The van der Waals surface area contributed by atoms with Crippen molar-refractivity contribution in [1.29, 1.82) is 0 Å². The third kappa shape index (κ3) is 3.64. The molecule has 4 fully saturated rings. The van der Waals surface area contributed by atoms with Gasteiger partial charge in [-0.1, -0.05) is 0 Å². The van der Waals surface area contributed by atoms with Gasteiger partial charge in [-0.2, -0.15) is 0 Å². The molecule has 0 unspecified atom stereocenters. The standard InChI is InChI=1S/C19H33N3O3/c1-17(2,3)25-16(24)21(4)14-5-12-22(13-14)15(23)18-6-9-19(20,10-7-18)11-8-18/h14H,5-13,20H2,1-4H3/t14-,18?,19?/m0/s1. The van der Waals surface area contributed by atoms with E-state index in [2.05, 4.69) is 0 Å². The first-order chi connectivity index (χ1) is 11.5. The zero-order valence-electron chi connectivity index (χ0n) is 16.1. The summed E-state index contributed by atoms with van der Waals surface area (Å²) in [6.45, 7) is 6.94. The van der Waals surface area contributed by atoms with Crippen molar-refractivity contribution in [1.82, 2.24) is 9.80 Å². The van der Waals surface area contributed by atoms with Gasteiger partial charge in [0.15, 0.2) is 0 Å². The molecule has 4 aliphatic rings. The van der Waals surface area contributed by atoms with Gasteiger partial charge in [-0.3, -0.25) is 4.79 Å². The number of carbonyl (C=O) groups excluding carboxylic acids is 2. The van der Waals surface area contributed by atoms with Gasteiger partial charge < -0.3 is 20.3 Å². The molecule has 3 saturated carbocycles. The van der Waals surface area contributed by atoms with Crippen molar-refractivity contribution in [3.63, 3.8) is 0 Å². The van der Waals surface area contributed by atoms with Crippen molar-refractivity contribution in [2.24, 2.45) is 11.1 Å². The topological polar surface area (TPSA) is 75.9 Å². The smallest absolute Gasteiger partial charge is 0.410 e. The number of carbonyl (C=O) groups is 2. The Morgan fingerprint density at radius 1 is 1.12 bits per heavy atom. The van der Waals surface area contributed by atoms with E-state index >= 15 is 0 Å². The predicted octanol–water partition coefficient (Wildman–Crippen LogP) is 2.51. The van der Waals surface area contributed by atoms with Gasteiger partial charge in [-0.25, -0.2) is 4.79 Å². The Kier molecular flexibility index (Phi) is 4.55. The Hall–Kier alpha value is -1.30. The molecule has 2 bridgehead atoms. The van der Waals surface area contributed by atoms with E-state index in [1.165, 1.54) is 0 Å². The van der Waals surface area contributed by atoms with Crippen LogP contribution in [-0.4, -0.2) is 59.1 Å². The highest BCUT2D eigenvalue weighted by Gasteiger charge is 2.52. The highest BCUT2D eigenvalue weighted by molar-refractivity contribution is 5.83. The Morgan fingerprint density at radius 3 is 2.20 bits per heavy atom. The predicted molar refractivity (Wildman–Crippen MR) is 96.0 cm³/mol. The second kappa shape index (κ2) is 6.15. The highest BCUT2D eigenvalue weighted by atomic mass is 16.6. The maximum absolute atomic E-state index is 13.2. The van der Waals surface area contributed by atoms with Gasteiger partial charge in [0.1, 0.15) is 5.60 Å². The average molecular weight is 351 g/mol. The summed E-state index contributed by atoms with van der Waals surface area (Å²) in [6.07, 6.45) is 6.17. The lowest BCUT2D eigenvalue weighted by Crippen LogP contribution is -2.57. The van der Waals surface area contributed by atoms with Crippen molar-refractivity contribution in [2.45, 2.75) is 82.9 Å². The summed E-state index contributed by atoms with van der Waals surface area (Å²) in [6, 6.07) is 0.0379. The van der Waals surface area contributed by atoms with Crippen molar-refractivity contribution in [2.75, 3.05) is 20.1 Å². The fourth-order valence-corrected chi connectivity index (χ4v) is 4.60. The molecule has 142 valence electrons. The summed E-state index contributed by atoms with van der Waals surface area (Å²) in [5.74, 6) is 0.286. The maximum atomic E-state index is 13.2. The zero-order chi connectivity index (χ0) is 18.5. The number of fused-ring (bicyclic) bond motifs is 3. The molecule has 0 aromatic carbocycles. The summed E-state index contributed by atoms with van der Waals surface area (Å²) in [5, 5.41) is 0. The molecule has 3 aliphatic carbocycles. The first kappa shape index (κ1) is 18.5. The molecule has 6 nitrogen and oxygen atoms in total. The van der Waals surface area contributed by atoms with Crippen LogP contribution in [0.1, 0.15) is 65.7 Å². The van der Waals surface area contributed by atoms with Gasteiger partial charge >= 0.3 is 6.09 Å². The summed E-state index contributed by atoms with van der Waals surface area (Å²) < 4.78 is 5.45. The molecule has 2 amide bonds. The van der Waals surface area contributed by atoms with E-state index in [9.17, 15) is 9.59 Å². The summed E-state index contributed by atoms with van der Waals surface area (Å²) >= 11 is 0. The van der Waals surface area contributed by atoms with E-state index in [0.717, 1.165) is 51.5 Å². The molecule has 2 N–H and O–H groups in total.